The van der Waals surface area contributed by atoms with Gasteiger partial charge in [-0.2, -0.15) is 0 Å². The van der Waals surface area contributed by atoms with Crippen LogP contribution in [0.3, 0.4) is 0 Å². The fraction of sp³-hybridized carbons (Fsp3) is 1.00. The van der Waals surface area contributed by atoms with E-state index in [1.54, 1.807) is 0 Å². The van der Waals surface area contributed by atoms with Crippen LogP contribution in [0.2, 0.25) is 6.04 Å². The molecule has 3 heteroatoms. The number of fused-ring (bicyclic) bond motifs is 1. The van der Waals surface area contributed by atoms with Crippen LogP contribution in [-0.4, -0.2) is 26.8 Å². The van der Waals surface area contributed by atoms with Gasteiger partial charge in [-0.3, -0.25) is 0 Å². The van der Waals surface area contributed by atoms with Gasteiger partial charge in [0, 0.05) is 0 Å². The standard InChI is InChI=1S/C8H16O2Si/c9-11-4-3-6-1-2-7-8(5-6)10-7/h6-9H,1-5,11H2. The SMILES string of the molecule is O[SiH2]CCC1CCC2OC2C1. The minimum atomic E-state index is -0.675. The van der Waals surface area contributed by atoms with Crippen molar-refractivity contribution in [3.63, 3.8) is 0 Å². The zero-order valence-electron chi connectivity index (χ0n) is 6.83. The van der Waals surface area contributed by atoms with Crippen molar-refractivity contribution in [1.82, 2.24) is 0 Å². The Morgan fingerprint density at radius 3 is 3.00 bits per heavy atom. The number of ether oxygens (including phenoxy) is 1. The molecule has 1 N–H and O–H groups in total. The Balaban J connectivity index is 1.68. The summed E-state index contributed by atoms with van der Waals surface area (Å²) in [5, 5.41) is 0. The molecular formula is C8H16O2Si. The van der Waals surface area contributed by atoms with Gasteiger partial charge in [-0.15, -0.1) is 0 Å². The molecule has 1 aliphatic heterocycles. The van der Waals surface area contributed by atoms with Crippen molar-refractivity contribution in [3.05, 3.63) is 0 Å². The number of hydrogen-bond donors (Lipinski definition) is 1. The smallest absolute Gasteiger partial charge is 0.156 e. The molecule has 2 nitrogen and oxygen atoms in total. The summed E-state index contributed by atoms with van der Waals surface area (Å²) in [6.07, 6.45) is 6.42. The summed E-state index contributed by atoms with van der Waals surface area (Å²) < 4.78 is 5.44. The van der Waals surface area contributed by atoms with Crippen LogP contribution in [0.15, 0.2) is 0 Å². The van der Waals surface area contributed by atoms with E-state index in [1.165, 1.54) is 25.7 Å². The second-order valence-corrected chi connectivity index (χ2v) is 4.91. The largest absolute Gasteiger partial charge is 0.438 e. The summed E-state index contributed by atoms with van der Waals surface area (Å²) in [6.45, 7) is 0. The van der Waals surface area contributed by atoms with Gasteiger partial charge in [0.25, 0.3) is 0 Å². The van der Waals surface area contributed by atoms with Crippen LogP contribution in [0.25, 0.3) is 0 Å². The predicted octanol–water partition coefficient (Wildman–Crippen LogP) is 0.438. The number of hydrogen-bond acceptors (Lipinski definition) is 2. The van der Waals surface area contributed by atoms with Gasteiger partial charge >= 0.3 is 0 Å². The third-order valence-electron chi connectivity index (χ3n) is 2.88. The maximum absolute atomic E-state index is 8.78. The lowest BCUT2D eigenvalue weighted by Gasteiger charge is -2.17. The van der Waals surface area contributed by atoms with Gasteiger partial charge in [-0.25, -0.2) is 0 Å². The van der Waals surface area contributed by atoms with Crippen molar-refractivity contribution in [1.29, 1.82) is 0 Å². The summed E-state index contributed by atoms with van der Waals surface area (Å²) >= 11 is 0. The molecule has 0 aromatic heterocycles. The van der Waals surface area contributed by atoms with E-state index >= 15 is 0 Å². The van der Waals surface area contributed by atoms with E-state index in [2.05, 4.69) is 0 Å². The molecule has 1 saturated carbocycles. The Hall–Kier alpha value is 0.137. The van der Waals surface area contributed by atoms with Crippen molar-refractivity contribution < 1.29 is 9.53 Å². The first-order chi connectivity index (χ1) is 5.40. The molecule has 0 aromatic carbocycles. The van der Waals surface area contributed by atoms with Crippen LogP contribution in [0.1, 0.15) is 25.7 Å². The maximum Gasteiger partial charge on any atom is 0.156 e. The molecule has 1 heterocycles. The fourth-order valence-electron chi connectivity index (χ4n) is 2.13. The molecule has 0 bridgehead atoms. The van der Waals surface area contributed by atoms with E-state index in [0.717, 1.165) is 12.0 Å². The van der Waals surface area contributed by atoms with Gasteiger partial charge in [0.15, 0.2) is 9.76 Å². The van der Waals surface area contributed by atoms with E-state index in [9.17, 15) is 0 Å². The average molecular weight is 172 g/mol. The zero-order valence-corrected chi connectivity index (χ0v) is 8.24. The summed E-state index contributed by atoms with van der Waals surface area (Å²) in [7, 11) is -0.675. The predicted molar refractivity (Wildman–Crippen MR) is 46.2 cm³/mol. The van der Waals surface area contributed by atoms with Crippen LogP contribution in [-0.2, 0) is 4.74 Å². The molecule has 2 fully saturated rings. The minimum absolute atomic E-state index is 0.620. The average Bonchev–Trinajstić information content (AvgIpc) is 2.78. The lowest BCUT2D eigenvalue weighted by molar-refractivity contribution is 0.356. The van der Waals surface area contributed by atoms with Crippen molar-refractivity contribution >= 4 is 9.76 Å². The van der Waals surface area contributed by atoms with E-state index in [1.807, 2.05) is 0 Å². The van der Waals surface area contributed by atoms with Crippen LogP contribution in [0.5, 0.6) is 0 Å². The highest BCUT2D eigenvalue weighted by atomic mass is 28.2. The van der Waals surface area contributed by atoms with Crippen molar-refractivity contribution in [2.24, 2.45) is 5.92 Å². The highest BCUT2D eigenvalue weighted by Gasteiger charge is 2.43. The molecule has 0 radical (unpaired) electrons. The molecule has 3 atom stereocenters. The summed E-state index contributed by atoms with van der Waals surface area (Å²) in [4.78, 5) is 8.78. The fourth-order valence-corrected chi connectivity index (χ4v) is 2.89. The Morgan fingerprint density at radius 2 is 2.27 bits per heavy atom. The Bertz CT molecular complexity index is 140. The van der Waals surface area contributed by atoms with E-state index in [-0.39, 0.29) is 0 Å². The van der Waals surface area contributed by atoms with Crippen molar-refractivity contribution in [2.45, 2.75) is 43.9 Å². The first-order valence-electron chi connectivity index (χ1n) is 4.66. The first-order valence-corrected chi connectivity index (χ1v) is 6.29. The van der Waals surface area contributed by atoms with Crippen LogP contribution in [0, 0.1) is 5.92 Å². The molecule has 0 amide bonds. The monoisotopic (exact) mass is 172 g/mol. The van der Waals surface area contributed by atoms with E-state index in [4.69, 9.17) is 9.53 Å². The van der Waals surface area contributed by atoms with Gasteiger partial charge in [0.05, 0.1) is 12.2 Å². The molecule has 0 spiro atoms. The summed E-state index contributed by atoms with van der Waals surface area (Å²) in [5.74, 6) is 0.874. The van der Waals surface area contributed by atoms with Gasteiger partial charge < -0.3 is 9.53 Å². The minimum Gasteiger partial charge on any atom is -0.438 e. The number of rotatable bonds is 3. The highest BCUT2D eigenvalue weighted by Crippen LogP contribution is 2.40. The lowest BCUT2D eigenvalue weighted by atomic mass is 9.88. The van der Waals surface area contributed by atoms with Gasteiger partial charge in [-0.05, 0) is 31.2 Å². The molecular weight excluding hydrogens is 156 g/mol. The van der Waals surface area contributed by atoms with Crippen LogP contribution >= 0.6 is 0 Å². The molecule has 2 aliphatic rings. The normalized spacial score (nSPS) is 42.8. The zero-order chi connectivity index (χ0) is 7.68. The van der Waals surface area contributed by atoms with Gasteiger partial charge in [0.1, 0.15) is 0 Å². The molecule has 0 aromatic rings. The molecule has 1 saturated heterocycles. The third-order valence-corrected chi connectivity index (χ3v) is 3.61. The van der Waals surface area contributed by atoms with Crippen LogP contribution < -0.4 is 0 Å². The topological polar surface area (TPSA) is 32.8 Å². The molecule has 11 heavy (non-hydrogen) atoms. The molecule has 3 unspecified atom stereocenters. The number of epoxide rings is 1. The second-order valence-electron chi connectivity index (χ2n) is 3.76. The first kappa shape index (κ1) is 7.77. The van der Waals surface area contributed by atoms with Crippen molar-refractivity contribution in [2.75, 3.05) is 0 Å². The van der Waals surface area contributed by atoms with Crippen LogP contribution in [0.4, 0.5) is 0 Å². The van der Waals surface area contributed by atoms with E-state index in [0.29, 0.717) is 12.2 Å². The molecule has 64 valence electrons. The third kappa shape index (κ3) is 1.83. The van der Waals surface area contributed by atoms with Crippen molar-refractivity contribution in [3.8, 4) is 0 Å². The molecule has 1 aliphatic carbocycles. The molecule has 2 rings (SSSR count). The quantitative estimate of drug-likeness (QED) is 0.495. The Morgan fingerprint density at radius 1 is 1.36 bits per heavy atom. The van der Waals surface area contributed by atoms with Gasteiger partial charge in [0.2, 0.25) is 0 Å². The second kappa shape index (κ2) is 3.25. The maximum atomic E-state index is 8.78. The summed E-state index contributed by atoms with van der Waals surface area (Å²) in [6, 6.07) is 1.11. The highest BCUT2D eigenvalue weighted by molar-refractivity contribution is 6.25. The Labute approximate surface area is 69.9 Å². The van der Waals surface area contributed by atoms with E-state index < -0.39 is 9.76 Å². The summed E-state index contributed by atoms with van der Waals surface area (Å²) in [5.41, 5.74) is 0. The lowest BCUT2D eigenvalue weighted by Crippen LogP contribution is -2.13. The Kier molecular flexibility index (Phi) is 2.30. The van der Waals surface area contributed by atoms with Gasteiger partial charge in [-0.1, -0.05) is 6.42 Å².